The topological polar surface area (TPSA) is 29.9 Å². The number of hydrogen-bond donors (Lipinski definition) is 1. The molecular weight excluding hydrogens is 222 g/mol. The van der Waals surface area contributed by atoms with Crippen molar-refractivity contribution in [1.29, 1.82) is 0 Å². The standard InChI is InChI=1S/C15H29N3/c1-7-9-11(3)15(16-10-8-2)14-12(4)17-18(6)13(14)5/h11,15-16H,7-10H2,1-6H3. The Balaban J connectivity index is 3.00. The summed E-state index contributed by atoms with van der Waals surface area (Å²) in [7, 11) is 2.03. The van der Waals surface area contributed by atoms with Crippen LogP contribution in [0.1, 0.15) is 63.0 Å². The highest BCUT2D eigenvalue weighted by molar-refractivity contribution is 5.28. The number of nitrogens with one attached hydrogen (secondary N) is 1. The fourth-order valence-electron chi connectivity index (χ4n) is 2.75. The summed E-state index contributed by atoms with van der Waals surface area (Å²) in [5.74, 6) is 0.656. The summed E-state index contributed by atoms with van der Waals surface area (Å²) >= 11 is 0. The van der Waals surface area contributed by atoms with Gasteiger partial charge in [0.2, 0.25) is 0 Å². The van der Waals surface area contributed by atoms with Crippen LogP contribution in [-0.4, -0.2) is 16.3 Å². The van der Waals surface area contributed by atoms with Crippen molar-refractivity contribution in [1.82, 2.24) is 15.1 Å². The highest BCUT2D eigenvalue weighted by atomic mass is 15.3. The lowest BCUT2D eigenvalue weighted by molar-refractivity contribution is 0.361. The molecule has 0 spiro atoms. The molecule has 0 fully saturated rings. The van der Waals surface area contributed by atoms with Crippen molar-refractivity contribution in [3.8, 4) is 0 Å². The maximum Gasteiger partial charge on any atom is 0.0644 e. The molecule has 3 nitrogen and oxygen atoms in total. The first-order chi connectivity index (χ1) is 8.52. The van der Waals surface area contributed by atoms with E-state index in [0.717, 1.165) is 6.54 Å². The van der Waals surface area contributed by atoms with Crippen LogP contribution in [0.4, 0.5) is 0 Å². The fourth-order valence-corrected chi connectivity index (χ4v) is 2.75. The van der Waals surface area contributed by atoms with E-state index in [-0.39, 0.29) is 0 Å². The third kappa shape index (κ3) is 3.35. The first kappa shape index (κ1) is 15.2. The average Bonchev–Trinajstić information content (AvgIpc) is 2.56. The van der Waals surface area contributed by atoms with E-state index < -0.39 is 0 Å². The molecule has 1 rings (SSSR count). The normalized spacial score (nSPS) is 14.8. The Hall–Kier alpha value is -0.830. The fraction of sp³-hybridized carbons (Fsp3) is 0.800. The van der Waals surface area contributed by atoms with Gasteiger partial charge in [0, 0.05) is 24.3 Å². The Bertz CT molecular complexity index is 368. The summed E-state index contributed by atoms with van der Waals surface area (Å²) < 4.78 is 2.00. The van der Waals surface area contributed by atoms with Crippen molar-refractivity contribution in [3.05, 3.63) is 17.0 Å². The number of nitrogens with zero attached hydrogens (tertiary/aromatic N) is 2. The lowest BCUT2D eigenvalue weighted by atomic mass is 9.89. The van der Waals surface area contributed by atoms with E-state index in [1.807, 2.05) is 11.7 Å². The summed E-state index contributed by atoms with van der Waals surface area (Å²) in [6.45, 7) is 12.2. The summed E-state index contributed by atoms with van der Waals surface area (Å²) in [6.07, 6.45) is 3.67. The van der Waals surface area contributed by atoms with Crippen LogP contribution in [0.3, 0.4) is 0 Å². The van der Waals surface area contributed by atoms with Gasteiger partial charge in [0.1, 0.15) is 0 Å². The van der Waals surface area contributed by atoms with Crippen LogP contribution >= 0.6 is 0 Å². The lowest BCUT2D eigenvalue weighted by Crippen LogP contribution is -2.28. The molecule has 0 radical (unpaired) electrons. The van der Waals surface area contributed by atoms with E-state index in [1.54, 1.807) is 0 Å². The van der Waals surface area contributed by atoms with Crippen LogP contribution in [0.5, 0.6) is 0 Å². The Morgan fingerprint density at radius 3 is 2.33 bits per heavy atom. The number of aryl methyl sites for hydroxylation is 2. The van der Waals surface area contributed by atoms with Crippen molar-refractivity contribution in [2.75, 3.05) is 6.54 Å². The Morgan fingerprint density at radius 2 is 1.89 bits per heavy atom. The van der Waals surface area contributed by atoms with Crippen LogP contribution in [0.2, 0.25) is 0 Å². The van der Waals surface area contributed by atoms with Crippen molar-refractivity contribution in [3.63, 3.8) is 0 Å². The van der Waals surface area contributed by atoms with Gasteiger partial charge in [0.15, 0.2) is 0 Å². The van der Waals surface area contributed by atoms with Gasteiger partial charge in [-0.3, -0.25) is 4.68 Å². The largest absolute Gasteiger partial charge is 0.310 e. The molecule has 1 heterocycles. The average molecular weight is 251 g/mol. The minimum atomic E-state index is 0.443. The van der Waals surface area contributed by atoms with Gasteiger partial charge in [-0.05, 0) is 39.2 Å². The van der Waals surface area contributed by atoms with Gasteiger partial charge in [-0.25, -0.2) is 0 Å². The zero-order valence-electron chi connectivity index (χ0n) is 12.9. The predicted molar refractivity (Wildman–Crippen MR) is 77.8 cm³/mol. The van der Waals surface area contributed by atoms with Gasteiger partial charge < -0.3 is 5.32 Å². The Labute approximate surface area is 112 Å². The monoisotopic (exact) mass is 251 g/mol. The molecule has 2 atom stereocenters. The zero-order valence-corrected chi connectivity index (χ0v) is 12.9. The zero-order chi connectivity index (χ0) is 13.7. The molecule has 1 N–H and O–H groups in total. The van der Waals surface area contributed by atoms with Crippen molar-refractivity contribution in [2.45, 2.75) is 59.9 Å². The second-order valence-corrected chi connectivity index (χ2v) is 5.41. The summed E-state index contributed by atoms with van der Waals surface area (Å²) in [5, 5.41) is 8.27. The van der Waals surface area contributed by atoms with Crippen LogP contribution in [-0.2, 0) is 7.05 Å². The van der Waals surface area contributed by atoms with E-state index in [4.69, 9.17) is 0 Å². The Kier molecular flexibility index (Phi) is 5.86. The highest BCUT2D eigenvalue weighted by Gasteiger charge is 2.24. The highest BCUT2D eigenvalue weighted by Crippen LogP contribution is 2.30. The van der Waals surface area contributed by atoms with E-state index in [9.17, 15) is 0 Å². The molecule has 0 aliphatic heterocycles. The number of aromatic nitrogens is 2. The summed E-state index contributed by atoms with van der Waals surface area (Å²) in [5.41, 5.74) is 3.88. The van der Waals surface area contributed by atoms with E-state index >= 15 is 0 Å². The predicted octanol–water partition coefficient (Wildman–Crippen LogP) is 3.51. The molecule has 0 aliphatic carbocycles. The molecule has 0 aliphatic rings. The van der Waals surface area contributed by atoms with Gasteiger partial charge in [-0.1, -0.05) is 27.2 Å². The number of hydrogen-bond acceptors (Lipinski definition) is 2. The number of rotatable bonds is 7. The van der Waals surface area contributed by atoms with Crippen LogP contribution in [0, 0.1) is 19.8 Å². The minimum absolute atomic E-state index is 0.443. The molecule has 0 saturated heterocycles. The molecule has 0 amide bonds. The third-order valence-corrected chi connectivity index (χ3v) is 3.80. The van der Waals surface area contributed by atoms with E-state index in [0.29, 0.717) is 12.0 Å². The molecule has 104 valence electrons. The SMILES string of the molecule is CCCNC(c1c(C)nn(C)c1C)C(C)CCC. The van der Waals surface area contributed by atoms with Gasteiger partial charge >= 0.3 is 0 Å². The molecule has 1 aromatic rings. The molecule has 3 heteroatoms. The first-order valence-corrected chi connectivity index (χ1v) is 7.26. The second-order valence-electron chi connectivity index (χ2n) is 5.41. The molecule has 0 saturated carbocycles. The van der Waals surface area contributed by atoms with Crippen LogP contribution in [0.25, 0.3) is 0 Å². The minimum Gasteiger partial charge on any atom is -0.310 e. The molecule has 1 aromatic heterocycles. The lowest BCUT2D eigenvalue weighted by Gasteiger charge is -2.26. The van der Waals surface area contributed by atoms with E-state index in [2.05, 4.69) is 45.0 Å². The van der Waals surface area contributed by atoms with Crippen molar-refractivity contribution < 1.29 is 0 Å². The first-order valence-electron chi connectivity index (χ1n) is 7.26. The van der Waals surface area contributed by atoms with Crippen LogP contribution < -0.4 is 5.32 Å². The maximum atomic E-state index is 4.56. The second kappa shape index (κ2) is 6.93. The van der Waals surface area contributed by atoms with Crippen molar-refractivity contribution >= 4 is 0 Å². The van der Waals surface area contributed by atoms with E-state index in [1.165, 1.54) is 36.2 Å². The molecule has 18 heavy (non-hydrogen) atoms. The van der Waals surface area contributed by atoms with Crippen LogP contribution in [0.15, 0.2) is 0 Å². The Morgan fingerprint density at radius 1 is 1.22 bits per heavy atom. The molecule has 0 aromatic carbocycles. The van der Waals surface area contributed by atoms with Crippen molar-refractivity contribution in [2.24, 2.45) is 13.0 Å². The molecule has 0 bridgehead atoms. The summed E-state index contributed by atoms with van der Waals surface area (Å²) in [6, 6.07) is 0.443. The maximum absolute atomic E-state index is 4.56. The summed E-state index contributed by atoms with van der Waals surface area (Å²) in [4.78, 5) is 0. The smallest absolute Gasteiger partial charge is 0.0644 e. The molecule has 2 unspecified atom stereocenters. The van der Waals surface area contributed by atoms with Gasteiger partial charge in [0.05, 0.1) is 5.69 Å². The quantitative estimate of drug-likeness (QED) is 0.803. The van der Waals surface area contributed by atoms with Gasteiger partial charge in [-0.2, -0.15) is 5.10 Å². The molecular formula is C15H29N3. The van der Waals surface area contributed by atoms with Gasteiger partial charge in [0.25, 0.3) is 0 Å². The van der Waals surface area contributed by atoms with Gasteiger partial charge in [-0.15, -0.1) is 0 Å². The third-order valence-electron chi connectivity index (χ3n) is 3.80.